The predicted octanol–water partition coefficient (Wildman–Crippen LogP) is 2.09. The smallest absolute Gasteiger partial charge is 0.120 e. The molecule has 0 bridgehead atoms. The number of hydrogen-bond acceptors (Lipinski definition) is 3. The lowest BCUT2D eigenvalue weighted by molar-refractivity contribution is 0.181. The summed E-state index contributed by atoms with van der Waals surface area (Å²) >= 11 is 0. The van der Waals surface area contributed by atoms with Gasteiger partial charge in [0.2, 0.25) is 0 Å². The van der Waals surface area contributed by atoms with Gasteiger partial charge in [-0.05, 0) is 38.4 Å². The van der Waals surface area contributed by atoms with E-state index < -0.39 is 0 Å². The van der Waals surface area contributed by atoms with Gasteiger partial charge in [-0.15, -0.1) is 0 Å². The summed E-state index contributed by atoms with van der Waals surface area (Å²) in [6, 6.07) is 4.14. The molecule has 0 saturated carbocycles. The Kier molecular flexibility index (Phi) is 4.70. The quantitative estimate of drug-likeness (QED) is 0.734. The van der Waals surface area contributed by atoms with E-state index in [2.05, 4.69) is 12.2 Å². The van der Waals surface area contributed by atoms with Crippen LogP contribution in [0.5, 0.6) is 0 Å². The van der Waals surface area contributed by atoms with Crippen molar-refractivity contribution in [2.24, 2.45) is 0 Å². The van der Waals surface area contributed by atoms with Crippen molar-refractivity contribution in [2.75, 3.05) is 6.54 Å². The Morgan fingerprint density at radius 3 is 2.86 bits per heavy atom. The molecule has 14 heavy (non-hydrogen) atoms. The molecule has 0 aliphatic carbocycles. The Morgan fingerprint density at radius 2 is 2.36 bits per heavy atom. The minimum absolute atomic E-state index is 0.239. The Morgan fingerprint density at radius 1 is 1.57 bits per heavy atom. The molecule has 0 aliphatic heterocycles. The summed E-state index contributed by atoms with van der Waals surface area (Å²) in [5.41, 5.74) is 0. The van der Waals surface area contributed by atoms with E-state index in [0.717, 1.165) is 25.1 Å². The molecule has 2 N–H and O–H groups in total. The molecular weight excluding hydrogens is 178 g/mol. The van der Waals surface area contributed by atoms with Crippen molar-refractivity contribution in [1.82, 2.24) is 5.32 Å². The van der Waals surface area contributed by atoms with Crippen LogP contribution in [0, 0.1) is 0 Å². The van der Waals surface area contributed by atoms with Gasteiger partial charge in [0.15, 0.2) is 0 Å². The molecule has 0 spiro atoms. The van der Waals surface area contributed by atoms with Crippen molar-refractivity contribution >= 4 is 0 Å². The van der Waals surface area contributed by atoms with Crippen molar-refractivity contribution in [2.45, 2.75) is 38.8 Å². The summed E-state index contributed by atoms with van der Waals surface area (Å²) in [4.78, 5) is 0. The van der Waals surface area contributed by atoms with Crippen molar-refractivity contribution in [3.8, 4) is 0 Å². The summed E-state index contributed by atoms with van der Waals surface area (Å²) < 4.78 is 5.32. The summed E-state index contributed by atoms with van der Waals surface area (Å²) in [5, 5.41) is 12.5. The van der Waals surface area contributed by atoms with Crippen LogP contribution in [0.2, 0.25) is 0 Å². The fourth-order valence-corrected chi connectivity index (χ4v) is 1.40. The van der Waals surface area contributed by atoms with E-state index in [1.165, 1.54) is 0 Å². The largest absolute Gasteiger partial charge is 0.468 e. The predicted molar refractivity (Wildman–Crippen MR) is 56.0 cm³/mol. The normalized spacial score (nSPS) is 15.4. The maximum atomic E-state index is 9.11. The maximum Gasteiger partial charge on any atom is 0.120 e. The van der Waals surface area contributed by atoms with Gasteiger partial charge in [0, 0.05) is 0 Å². The highest BCUT2D eigenvalue weighted by atomic mass is 16.3. The highest BCUT2D eigenvalue weighted by molar-refractivity contribution is 5.03. The average Bonchev–Trinajstić information content (AvgIpc) is 2.64. The molecule has 1 heterocycles. The first-order valence-corrected chi connectivity index (χ1v) is 5.19. The number of hydrogen-bond donors (Lipinski definition) is 2. The first kappa shape index (κ1) is 11.3. The van der Waals surface area contributed by atoms with Gasteiger partial charge in [0.1, 0.15) is 5.76 Å². The number of nitrogens with one attached hydrogen (secondary N) is 1. The van der Waals surface area contributed by atoms with Crippen LogP contribution < -0.4 is 5.32 Å². The molecule has 3 nitrogen and oxygen atoms in total. The molecule has 1 aromatic rings. The monoisotopic (exact) mass is 197 g/mol. The third kappa shape index (κ3) is 3.52. The van der Waals surface area contributed by atoms with Crippen molar-refractivity contribution < 1.29 is 9.52 Å². The van der Waals surface area contributed by atoms with E-state index in [0.29, 0.717) is 0 Å². The molecule has 80 valence electrons. The van der Waals surface area contributed by atoms with Crippen molar-refractivity contribution in [3.05, 3.63) is 24.2 Å². The summed E-state index contributed by atoms with van der Waals surface area (Å²) in [7, 11) is 0. The SMILES string of the molecule is CCC(NCCC(C)O)c1ccco1. The van der Waals surface area contributed by atoms with Crippen LogP contribution in [-0.4, -0.2) is 17.8 Å². The van der Waals surface area contributed by atoms with Gasteiger partial charge in [0.05, 0.1) is 18.4 Å². The van der Waals surface area contributed by atoms with E-state index >= 15 is 0 Å². The summed E-state index contributed by atoms with van der Waals surface area (Å²) in [6.07, 6.45) is 3.22. The molecule has 1 aromatic heterocycles. The Labute approximate surface area is 85.1 Å². The van der Waals surface area contributed by atoms with Crippen LogP contribution in [0.1, 0.15) is 38.5 Å². The van der Waals surface area contributed by atoms with Crippen LogP contribution in [0.3, 0.4) is 0 Å². The second kappa shape index (κ2) is 5.83. The van der Waals surface area contributed by atoms with Crippen LogP contribution in [0.4, 0.5) is 0 Å². The summed E-state index contributed by atoms with van der Waals surface area (Å²) in [6.45, 7) is 4.73. The topological polar surface area (TPSA) is 45.4 Å². The van der Waals surface area contributed by atoms with Crippen molar-refractivity contribution in [1.29, 1.82) is 0 Å². The summed E-state index contributed by atoms with van der Waals surface area (Å²) in [5.74, 6) is 0.970. The van der Waals surface area contributed by atoms with Crippen LogP contribution >= 0.6 is 0 Å². The molecule has 0 fully saturated rings. The molecule has 2 unspecified atom stereocenters. The maximum absolute atomic E-state index is 9.11. The number of aliphatic hydroxyl groups excluding tert-OH is 1. The van der Waals surface area contributed by atoms with Crippen LogP contribution in [-0.2, 0) is 0 Å². The molecule has 3 heteroatoms. The Bertz CT molecular complexity index is 231. The molecule has 0 amide bonds. The lowest BCUT2D eigenvalue weighted by Gasteiger charge is -2.14. The van der Waals surface area contributed by atoms with E-state index in [4.69, 9.17) is 9.52 Å². The molecule has 0 saturated heterocycles. The van der Waals surface area contributed by atoms with E-state index in [9.17, 15) is 0 Å². The highest BCUT2D eigenvalue weighted by Crippen LogP contribution is 2.16. The fourth-order valence-electron chi connectivity index (χ4n) is 1.40. The van der Waals surface area contributed by atoms with Gasteiger partial charge in [-0.1, -0.05) is 6.92 Å². The highest BCUT2D eigenvalue weighted by Gasteiger charge is 2.10. The van der Waals surface area contributed by atoms with Crippen LogP contribution in [0.15, 0.2) is 22.8 Å². The first-order chi connectivity index (χ1) is 6.74. The molecule has 0 aromatic carbocycles. The van der Waals surface area contributed by atoms with E-state index in [-0.39, 0.29) is 12.1 Å². The number of furan rings is 1. The molecule has 2 atom stereocenters. The number of aliphatic hydroxyl groups is 1. The van der Waals surface area contributed by atoms with Gasteiger partial charge in [-0.2, -0.15) is 0 Å². The van der Waals surface area contributed by atoms with Gasteiger partial charge in [-0.3, -0.25) is 0 Å². The molecule has 1 rings (SSSR count). The third-order valence-corrected chi connectivity index (χ3v) is 2.25. The zero-order chi connectivity index (χ0) is 10.4. The first-order valence-electron chi connectivity index (χ1n) is 5.19. The van der Waals surface area contributed by atoms with E-state index in [1.54, 1.807) is 13.2 Å². The number of rotatable bonds is 6. The second-order valence-corrected chi connectivity index (χ2v) is 3.57. The van der Waals surface area contributed by atoms with Gasteiger partial charge in [-0.25, -0.2) is 0 Å². The minimum Gasteiger partial charge on any atom is -0.468 e. The van der Waals surface area contributed by atoms with Gasteiger partial charge >= 0.3 is 0 Å². The van der Waals surface area contributed by atoms with Crippen LogP contribution in [0.25, 0.3) is 0 Å². The van der Waals surface area contributed by atoms with Gasteiger partial charge in [0.25, 0.3) is 0 Å². The minimum atomic E-state index is -0.239. The van der Waals surface area contributed by atoms with E-state index in [1.807, 2.05) is 12.1 Å². The van der Waals surface area contributed by atoms with Crippen molar-refractivity contribution in [3.63, 3.8) is 0 Å². The standard InChI is InChI=1S/C11H19NO2/c1-3-10(11-5-4-8-14-11)12-7-6-9(2)13/h4-5,8-10,12-13H,3,6-7H2,1-2H3. The molecule has 0 radical (unpaired) electrons. The average molecular weight is 197 g/mol. The lowest BCUT2D eigenvalue weighted by Crippen LogP contribution is -2.23. The zero-order valence-electron chi connectivity index (χ0n) is 8.86. The Balaban J connectivity index is 2.33. The Hall–Kier alpha value is -0.800. The third-order valence-electron chi connectivity index (χ3n) is 2.25. The second-order valence-electron chi connectivity index (χ2n) is 3.57. The zero-order valence-corrected chi connectivity index (χ0v) is 8.86. The van der Waals surface area contributed by atoms with Gasteiger partial charge < -0.3 is 14.8 Å². The fraction of sp³-hybridized carbons (Fsp3) is 0.636. The lowest BCUT2D eigenvalue weighted by atomic mass is 10.1. The molecular formula is C11H19NO2. The molecule has 0 aliphatic rings.